The molecular formula is C9H18NO8PS. The molecule has 0 aromatic carbocycles. The van der Waals surface area contributed by atoms with Crippen LogP contribution in [0.15, 0.2) is 0 Å². The minimum Gasteiger partial charge on any atom is -0.480 e. The van der Waals surface area contributed by atoms with Crippen LogP contribution in [0.4, 0.5) is 0 Å². The van der Waals surface area contributed by atoms with Gasteiger partial charge in [0.15, 0.2) is 0 Å². The van der Waals surface area contributed by atoms with Crippen molar-refractivity contribution in [3.8, 4) is 0 Å². The van der Waals surface area contributed by atoms with Crippen LogP contribution >= 0.6 is 20.4 Å². The molecule has 0 rings (SSSR count). The van der Waals surface area contributed by atoms with Crippen LogP contribution in [-0.4, -0.2) is 66.2 Å². The molecule has 0 saturated carbocycles. The van der Waals surface area contributed by atoms with Crippen LogP contribution in [-0.2, 0) is 14.2 Å². The van der Waals surface area contributed by atoms with E-state index in [1.807, 2.05) is 0 Å². The van der Waals surface area contributed by atoms with E-state index in [1.165, 1.54) is 13.8 Å². The van der Waals surface area contributed by atoms with E-state index in [1.54, 1.807) is 0 Å². The first-order chi connectivity index (χ1) is 8.90. The van der Waals surface area contributed by atoms with Gasteiger partial charge in [-0.1, -0.05) is 13.8 Å². The molecule has 0 aromatic heterocycles. The Morgan fingerprint density at radius 3 is 2.05 bits per heavy atom. The monoisotopic (exact) mass is 331 g/mol. The maximum absolute atomic E-state index is 12.0. The lowest BCUT2D eigenvalue weighted by atomic mass is 9.87. The Bertz CT molecular complexity index is 422. The maximum atomic E-state index is 12.0. The van der Waals surface area contributed by atoms with E-state index in [-0.39, 0.29) is 4.67 Å². The van der Waals surface area contributed by atoms with Crippen LogP contribution in [0.2, 0.25) is 0 Å². The van der Waals surface area contributed by atoms with Gasteiger partial charge in [0.1, 0.15) is 12.1 Å². The fraction of sp³-hybridized carbons (Fsp3) is 0.778. The SMILES string of the molecule is CC(C)(CO)[C@@H](O)C(=O)N([C@@H](CS)C(=O)O)P(=O)(O)O. The van der Waals surface area contributed by atoms with Crippen LogP contribution in [0.1, 0.15) is 13.8 Å². The predicted molar refractivity (Wildman–Crippen MR) is 71.0 cm³/mol. The number of aliphatic hydroxyl groups is 2. The Kier molecular flexibility index (Phi) is 6.66. The van der Waals surface area contributed by atoms with Crippen molar-refractivity contribution in [1.82, 2.24) is 4.67 Å². The number of rotatable bonds is 7. The number of carboxylic acid groups (broad SMARTS) is 1. The number of thiol groups is 1. The minimum absolute atomic E-state index is 0.218. The Labute approximate surface area is 120 Å². The number of hydrogen-bond acceptors (Lipinski definition) is 6. The van der Waals surface area contributed by atoms with Gasteiger partial charge in [-0.2, -0.15) is 12.6 Å². The van der Waals surface area contributed by atoms with Crippen LogP contribution < -0.4 is 0 Å². The largest absolute Gasteiger partial charge is 0.480 e. The molecular weight excluding hydrogens is 313 g/mol. The molecule has 0 bridgehead atoms. The van der Waals surface area contributed by atoms with Gasteiger partial charge in [-0.3, -0.25) is 4.79 Å². The van der Waals surface area contributed by atoms with Crippen molar-refractivity contribution in [3.05, 3.63) is 0 Å². The molecule has 0 heterocycles. The lowest BCUT2D eigenvalue weighted by molar-refractivity contribution is -0.153. The van der Waals surface area contributed by atoms with Crippen molar-refractivity contribution in [1.29, 1.82) is 0 Å². The lowest BCUT2D eigenvalue weighted by Gasteiger charge is -2.34. The molecule has 0 aliphatic rings. The average Bonchev–Trinajstić information content (AvgIpc) is 2.31. The number of amides is 1. The second-order valence-corrected chi connectivity index (χ2v) is 6.60. The fourth-order valence-corrected chi connectivity index (χ4v) is 2.63. The van der Waals surface area contributed by atoms with Crippen molar-refractivity contribution in [2.75, 3.05) is 12.4 Å². The highest BCUT2D eigenvalue weighted by atomic mass is 32.1. The Balaban J connectivity index is 5.64. The van der Waals surface area contributed by atoms with Crippen molar-refractivity contribution < 1.29 is 39.3 Å². The molecule has 9 nitrogen and oxygen atoms in total. The molecule has 11 heteroatoms. The predicted octanol–water partition coefficient (Wildman–Crippen LogP) is -1.33. The minimum atomic E-state index is -5.28. The van der Waals surface area contributed by atoms with E-state index in [0.29, 0.717) is 0 Å². The van der Waals surface area contributed by atoms with Gasteiger partial charge in [-0.15, -0.1) is 0 Å². The summed E-state index contributed by atoms with van der Waals surface area (Å²) in [7, 11) is -5.28. The maximum Gasteiger partial charge on any atom is 0.433 e. The van der Waals surface area contributed by atoms with Crippen molar-refractivity contribution >= 4 is 32.3 Å². The normalized spacial score (nSPS) is 15.6. The molecule has 0 unspecified atom stereocenters. The zero-order chi connectivity index (χ0) is 16.3. The first-order valence-electron chi connectivity index (χ1n) is 5.41. The Morgan fingerprint density at radius 2 is 1.80 bits per heavy atom. The highest BCUT2D eigenvalue weighted by Gasteiger charge is 2.46. The smallest absolute Gasteiger partial charge is 0.433 e. The van der Waals surface area contributed by atoms with Gasteiger partial charge in [0, 0.05) is 11.2 Å². The van der Waals surface area contributed by atoms with E-state index in [0.717, 1.165) is 0 Å². The molecule has 5 N–H and O–H groups in total. The first kappa shape index (κ1) is 19.4. The molecule has 0 aromatic rings. The third-order valence-corrected chi connectivity index (χ3v) is 4.02. The van der Waals surface area contributed by atoms with Gasteiger partial charge in [0.25, 0.3) is 5.91 Å². The number of aliphatic hydroxyl groups excluding tert-OH is 2. The summed E-state index contributed by atoms with van der Waals surface area (Å²) in [5, 5.41) is 27.7. The van der Waals surface area contributed by atoms with Gasteiger partial charge >= 0.3 is 13.7 Å². The zero-order valence-corrected chi connectivity index (χ0v) is 12.7. The van der Waals surface area contributed by atoms with Gasteiger partial charge in [-0.25, -0.2) is 14.0 Å². The van der Waals surface area contributed by atoms with Gasteiger partial charge in [0.2, 0.25) is 0 Å². The summed E-state index contributed by atoms with van der Waals surface area (Å²) in [6.45, 7) is 1.92. The van der Waals surface area contributed by atoms with E-state index >= 15 is 0 Å². The fourth-order valence-electron chi connectivity index (χ4n) is 1.27. The molecule has 0 spiro atoms. The van der Waals surface area contributed by atoms with Crippen molar-refractivity contribution in [3.63, 3.8) is 0 Å². The molecule has 118 valence electrons. The summed E-state index contributed by atoms with van der Waals surface area (Å²) < 4.78 is 11.1. The van der Waals surface area contributed by atoms with Crippen LogP contribution in [0.3, 0.4) is 0 Å². The summed E-state index contributed by atoms with van der Waals surface area (Å²) in [5.41, 5.74) is -1.40. The average molecular weight is 331 g/mol. The molecule has 20 heavy (non-hydrogen) atoms. The van der Waals surface area contributed by atoms with E-state index < -0.39 is 49.5 Å². The number of aliphatic carboxylic acids is 1. The molecule has 0 aliphatic heterocycles. The van der Waals surface area contributed by atoms with Gasteiger partial charge in [0.05, 0.1) is 6.61 Å². The van der Waals surface area contributed by atoms with Crippen LogP contribution in [0, 0.1) is 5.41 Å². The number of carbonyl (C=O) groups is 2. The van der Waals surface area contributed by atoms with E-state index in [2.05, 4.69) is 12.6 Å². The van der Waals surface area contributed by atoms with Crippen molar-refractivity contribution in [2.24, 2.45) is 5.41 Å². The van der Waals surface area contributed by atoms with E-state index in [9.17, 15) is 19.3 Å². The highest BCUT2D eigenvalue weighted by molar-refractivity contribution is 7.80. The molecule has 0 fully saturated rings. The molecule has 1 amide bonds. The standard InChI is InChI=1S/C9H18NO8PS/c1-9(2,4-11)6(12)7(13)10(19(16,17)18)5(3-20)8(14)15/h5-6,11-12,20H,3-4H2,1-2H3,(H,14,15)(H2,16,17,18)/t5-,6-/m0/s1. The van der Waals surface area contributed by atoms with E-state index in [4.69, 9.17) is 20.0 Å². The number of carbonyl (C=O) groups excluding carboxylic acids is 1. The quantitative estimate of drug-likeness (QED) is 0.247. The summed E-state index contributed by atoms with van der Waals surface area (Å²) >= 11 is 3.64. The van der Waals surface area contributed by atoms with Crippen molar-refractivity contribution in [2.45, 2.75) is 26.0 Å². The summed E-state index contributed by atoms with van der Waals surface area (Å²) in [6.07, 6.45) is -1.98. The van der Waals surface area contributed by atoms with Gasteiger partial charge in [-0.05, 0) is 0 Å². The Hall–Kier alpha value is -0.640. The molecule has 2 atom stereocenters. The van der Waals surface area contributed by atoms with Crippen LogP contribution in [0.25, 0.3) is 0 Å². The molecule has 0 radical (unpaired) electrons. The topological polar surface area (TPSA) is 156 Å². The van der Waals surface area contributed by atoms with Crippen LogP contribution in [0.5, 0.6) is 0 Å². The summed E-state index contributed by atoms with van der Waals surface area (Å²) in [6, 6.07) is -1.91. The number of carboxylic acids is 1. The molecule has 0 aliphatic carbocycles. The third kappa shape index (κ3) is 4.44. The highest BCUT2D eigenvalue weighted by Crippen LogP contribution is 2.43. The molecule has 0 saturated heterocycles. The Morgan fingerprint density at radius 1 is 1.35 bits per heavy atom. The second-order valence-electron chi connectivity index (χ2n) is 4.78. The zero-order valence-electron chi connectivity index (χ0n) is 10.9. The lowest BCUT2D eigenvalue weighted by Crippen LogP contribution is -2.52. The first-order valence-corrected chi connectivity index (χ1v) is 7.61. The summed E-state index contributed by atoms with van der Waals surface area (Å²) in [5.74, 6) is -3.72. The summed E-state index contributed by atoms with van der Waals surface area (Å²) in [4.78, 5) is 41.2. The van der Waals surface area contributed by atoms with Gasteiger partial charge < -0.3 is 25.1 Å². The number of nitrogens with zero attached hydrogens (tertiary/aromatic N) is 1. The third-order valence-electron chi connectivity index (χ3n) is 2.64. The second kappa shape index (κ2) is 6.88. The number of hydrogen-bond donors (Lipinski definition) is 6.